The van der Waals surface area contributed by atoms with Crippen LogP contribution in [0.4, 0.5) is 17.1 Å². The summed E-state index contributed by atoms with van der Waals surface area (Å²) in [5.41, 5.74) is 10.8. The van der Waals surface area contributed by atoms with Gasteiger partial charge in [-0.15, -0.1) is 0 Å². The minimum atomic E-state index is -0.509. The maximum atomic E-state index is 13.3. The lowest BCUT2D eigenvalue weighted by molar-refractivity contribution is -0.118. The van der Waals surface area contributed by atoms with Gasteiger partial charge in [0.15, 0.2) is 0 Å². The lowest BCUT2D eigenvalue weighted by Gasteiger charge is -2.20. The lowest BCUT2D eigenvalue weighted by Crippen LogP contribution is -2.36. The van der Waals surface area contributed by atoms with Crippen LogP contribution in [-0.4, -0.2) is 43.9 Å². The Kier molecular flexibility index (Phi) is 8.72. The van der Waals surface area contributed by atoms with Gasteiger partial charge in [0.2, 0.25) is 11.8 Å². The van der Waals surface area contributed by atoms with Gasteiger partial charge in [0.05, 0.1) is 11.4 Å². The topological polar surface area (TPSA) is 99.5 Å². The summed E-state index contributed by atoms with van der Waals surface area (Å²) >= 11 is 0. The molecule has 1 unspecified atom stereocenters. The predicted molar refractivity (Wildman–Crippen MR) is 151 cm³/mol. The molecule has 3 aromatic rings. The van der Waals surface area contributed by atoms with E-state index >= 15 is 0 Å². The zero-order valence-electron chi connectivity index (χ0n) is 21.4. The number of rotatable bonds is 11. The first-order chi connectivity index (χ1) is 17.9. The summed E-state index contributed by atoms with van der Waals surface area (Å²) in [6.07, 6.45) is 5.70. The predicted octanol–water partition coefficient (Wildman–Crippen LogP) is 4.63. The summed E-state index contributed by atoms with van der Waals surface area (Å²) in [4.78, 5) is 27.6. The Balaban J connectivity index is 1.41. The van der Waals surface area contributed by atoms with Gasteiger partial charge >= 0.3 is 0 Å². The molecule has 192 valence electrons. The summed E-state index contributed by atoms with van der Waals surface area (Å²) in [6, 6.07) is 22.4. The van der Waals surface area contributed by atoms with E-state index in [0.717, 1.165) is 23.4 Å². The van der Waals surface area contributed by atoms with Crippen molar-refractivity contribution in [3.8, 4) is 0 Å². The highest BCUT2D eigenvalue weighted by Crippen LogP contribution is 2.40. The average Bonchev–Trinajstić information content (AvgIpc) is 3.73. The summed E-state index contributed by atoms with van der Waals surface area (Å²) in [7, 11) is 4.00. The van der Waals surface area contributed by atoms with Crippen molar-refractivity contribution in [2.75, 3.05) is 43.6 Å². The number of benzene rings is 3. The molecule has 0 spiro atoms. The first-order valence-electron chi connectivity index (χ1n) is 12.6. The Labute approximate surface area is 218 Å². The maximum Gasteiger partial charge on any atom is 0.248 e. The molecular weight excluding hydrogens is 462 g/mol. The van der Waals surface area contributed by atoms with E-state index in [1.807, 2.05) is 62.6 Å². The van der Waals surface area contributed by atoms with Crippen LogP contribution >= 0.6 is 0 Å². The van der Waals surface area contributed by atoms with Crippen molar-refractivity contribution in [3.63, 3.8) is 0 Å². The molecule has 0 radical (unpaired) electrons. The first kappa shape index (κ1) is 26.1. The summed E-state index contributed by atoms with van der Waals surface area (Å²) in [6.45, 7) is 1.47. The second-order valence-electron chi connectivity index (χ2n) is 9.65. The molecule has 0 aliphatic heterocycles. The van der Waals surface area contributed by atoms with Crippen molar-refractivity contribution < 1.29 is 9.59 Å². The van der Waals surface area contributed by atoms with Crippen LogP contribution < -0.4 is 21.7 Å². The van der Waals surface area contributed by atoms with E-state index in [1.165, 1.54) is 24.5 Å². The second kappa shape index (κ2) is 12.3. The van der Waals surface area contributed by atoms with Crippen LogP contribution in [0.15, 0.2) is 78.9 Å². The van der Waals surface area contributed by atoms with Gasteiger partial charge < -0.3 is 26.6 Å². The Hall–Kier alpha value is -3.94. The van der Waals surface area contributed by atoms with Crippen LogP contribution in [0.3, 0.4) is 0 Å². The molecule has 0 aromatic heterocycles. The monoisotopic (exact) mass is 497 g/mol. The molecule has 0 saturated heterocycles. The van der Waals surface area contributed by atoms with Crippen molar-refractivity contribution in [2.45, 2.75) is 24.8 Å². The highest BCUT2D eigenvalue weighted by atomic mass is 16.2. The highest BCUT2D eigenvalue weighted by molar-refractivity contribution is 6.03. The van der Waals surface area contributed by atoms with Gasteiger partial charge in [-0.3, -0.25) is 9.59 Å². The van der Waals surface area contributed by atoms with Crippen LogP contribution in [-0.2, 0) is 9.59 Å². The molecule has 0 bridgehead atoms. The number of nitrogens with one attached hydrogen (secondary N) is 3. The molecule has 1 aliphatic rings. The second-order valence-corrected chi connectivity index (χ2v) is 9.65. The van der Waals surface area contributed by atoms with Crippen LogP contribution in [0.1, 0.15) is 41.5 Å². The highest BCUT2D eigenvalue weighted by Gasteiger charge is 2.24. The molecule has 7 heteroatoms. The van der Waals surface area contributed by atoms with Crippen molar-refractivity contribution in [1.29, 1.82) is 0 Å². The molecule has 4 rings (SSSR count). The van der Waals surface area contributed by atoms with Gasteiger partial charge in [-0.25, -0.2) is 0 Å². The minimum Gasteiger partial charge on any atom is -0.397 e. The standard InChI is InChI=1S/C30H35N5O2/c1-35(2)20-19-32-29(30(37)33-25-16-14-23(15-17-25)22-12-13-22)24-10-7-21(8-11-24)9-18-28(36)34-27-6-4-3-5-26(27)31/h3-11,14-18,22,29,32H,12-13,19-20,31H2,1-2H3,(H,33,37)(H,34,36)/b18-9+. The van der Waals surface area contributed by atoms with Crippen molar-refractivity contribution >= 4 is 35.0 Å². The van der Waals surface area contributed by atoms with Crippen LogP contribution in [0.25, 0.3) is 6.08 Å². The molecule has 1 atom stereocenters. The third-order valence-corrected chi connectivity index (χ3v) is 6.31. The van der Waals surface area contributed by atoms with Crippen molar-refractivity contribution in [2.24, 2.45) is 0 Å². The molecular formula is C30H35N5O2. The third-order valence-electron chi connectivity index (χ3n) is 6.31. The van der Waals surface area contributed by atoms with Crippen molar-refractivity contribution in [3.05, 3.63) is 95.6 Å². The molecule has 2 amide bonds. The quantitative estimate of drug-likeness (QED) is 0.229. The fraction of sp³-hybridized carbons (Fsp3) is 0.267. The number of anilines is 3. The normalized spacial score (nSPS) is 14.0. The zero-order chi connectivity index (χ0) is 26.2. The molecule has 1 fully saturated rings. The first-order valence-corrected chi connectivity index (χ1v) is 12.6. The molecule has 3 aromatic carbocycles. The Bertz CT molecular complexity index is 1230. The summed E-state index contributed by atoms with van der Waals surface area (Å²) in [5.74, 6) is 0.304. The number of carbonyl (C=O) groups excluding carboxylic acids is 2. The summed E-state index contributed by atoms with van der Waals surface area (Å²) < 4.78 is 0. The van der Waals surface area contributed by atoms with Crippen LogP contribution in [0.2, 0.25) is 0 Å². The Morgan fingerprint density at radius 3 is 2.32 bits per heavy atom. The van der Waals surface area contributed by atoms with Crippen LogP contribution in [0, 0.1) is 0 Å². The zero-order valence-corrected chi connectivity index (χ0v) is 21.4. The summed E-state index contributed by atoms with van der Waals surface area (Å²) in [5, 5.41) is 9.21. The molecule has 37 heavy (non-hydrogen) atoms. The van der Waals surface area contributed by atoms with E-state index in [9.17, 15) is 9.59 Å². The molecule has 7 nitrogen and oxygen atoms in total. The number of likely N-dealkylation sites (N-methyl/N-ethyl adjacent to an activating group) is 1. The smallest absolute Gasteiger partial charge is 0.248 e. The number of hydrogen-bond acceptors (Lipinski definition) is 5. The molecule has 1 saturated carbocycles. The van der Waals surface area contributed by atoms with Gasteiger partial charge in [0.1, 0.15) is 6.04 Å². The number of nitrogens with zero attached hydrogens (tertiary/aromatic N) is 1. The molecule has 1 aliphatic carbocycles. The molecule has 5 N–H and O–H groups in total. The fourth-order valence-corrected chi connectivity index (χ4v) is 4.02. The van der Waals surface area contributed by atoms with Gasteiger partial charge in [0, 0.05) is 24.9 Å². The Morgan fingerprint density at radius 1 is 0.973 bits per heavy atom. The minimum absolute atomic E-state index is 0.110. The number of nitrogen functional groups attached to an aromatic ring is 1. The van der Waals surface area contributed by atoms with E-state index in [4.69, 9.17) is 5.73 Å². The largest absolute Gasteiger partial charge is 0.397 e. The Morgan fingerprint density at radius 2 is 1.68 bits per heavy atom. The van der Waals surface area contributed by atoms with Gasteiger partial charge in [-0.05, 0) is 79.9 Å². The number of carbonyl (C=O) groups is 2. The maximum absolute atomic E-state index is 13.3. The van der Waals surface area contributed by atoms with Gasteiger partial charge in [-0.1, -0.05) is 48.5 Å². The SMILES string of the molecule is CN(C)CCNC(C(=O)Nc1ccc(C2CC2)cc1)c1ccc(/C=C/C(=O)Nc2ccccc2N)cc1. The van der Waals surface area contributed by atoms with Gasteiger partial charge in [-0.2, -0.15) is 0 Å². The average molecular weight is 498 g/mol. The van der Waals surface area contributed by atoms with E-state index < -0.39 is 6.04 Å². The van der Waals surface area contributed by atoms with E-state index in [0.29, 0.717) is 23.8 Å². The van der Waals surface area contributed by atoms with E-state index in [2.05, 4.69) is 33.0 Å². The van der Waals surface area contributed by atoms with Gasteiger partial charge in [0.25, 0.3) is 0 Å². The van der Waals surface area contributed by atoms with Crippen molar-refractivity contribution in [1.82, 2.24) is 10.2 Å². The lowest BCUT2D eigenvalue weighted by atomic mass is 10.0. The number of hydrogen-bond donors (Lipinski definition) is 4. The molecule has 0 heterocycles. The number of nitrogens with two attached hydrogens (primary N) is 1. The fourth-order valence-electron chi connectivity index (χ4n) is 4.02. The van der Waals surface area contributed by atoms with E-state index in [1.54, 1.807) is 18.2 Å². The van der Waals surface area contributed by atoms with Crippen LogP contribution in [0.5, 0.6) is 0 Å². The van der Waals surface area contributed by atoms with E-state index in [-0.39, 0.29) is 11.8 Å². The third kappa shape index (κ3) is 7.77. The number of para-hydroxylation sites is 2. The number of amides is 2.